The highest BCUT2D eigenvalue weighted by molar-refractivity contribution is 6.06. The van der Waals surface area contributed by atoms with Gasteiger partial charge in [0, 0.05) is 36.7 Å². The SMILES string of the molecule is Cn1c(CC(=O)N2CCCCC2)c(C(=O)O)c2ccccc21. The van der Waals surface area contributed by atoms with Crippen molar-refractivity contribution in [2.75, 3.05) is 13.1 Å². The molecule has 0 radical (unpaired) electrons. The molecule has 116 valence electrons. The molecule has 0 unspecified atom stereocenters. The van der Waals surface area contributed by atoms with Crippen molar-refractivity contribution < 1.29 is 14.7 Å². The molecule has 0 bridgehead atoms. The molecule has 22 heavy (non-hydrogen) atoms. The van der Waals surface area contributed by atoms with Gasteiger partial charge in [0.25, 0.3) is 0 Å². The summed E-state index contributed by atoms with van der Waals surface area (Å²) in [5.74, 6) is -0.952. The first-order valence-corrected chi connectivity index (χ1v) is 7.67. The van der Waals surface area contributed by atoms with E-state index in [2.05, 4.69) is 0 Å². The maximum atomic E-state index is 12.5. The highest BCUT2D eigenvalue weighted by Crippen LogP contribution is 2.26. The van der Waals surface area contributed by atoms with Crippen molar-refractivity contribution in [1.29, 1.82) is 0 Å². The third-order valence-electron chi connectivity index (χ3n) is 4.47. The number of carbonyl (C=O) groups is 2. The van der Waals surface area contributed by atoms with E-state index < -0.39 is 5.97 Å². The smallest absolute Gasteiger partial charge is 0.338 e. The van der Waals surface area contributed by atoms with Gasteiger partial charge in [-0.15, -0.1) is 0 Å². The second-order valence-corrected chi connectivity index (χ2v) is 5.82. The number of aromatic carboxylic acids is 1. The summed E-state index contributed by atoms with van der Waals surface area (Å²) in [6, 6.07) is 7.39. The Kier molecular flexibility index (Phi) is 3.88. The topological polar surface area (TPSA) is 62.5 Å². The molecule has 0 atom stereocenters. The molecule has 0 saturated carbocycles. The lowest BCUT2D eigenvalue weighted by molar-refractivity contribution is -0.131. The molecule has 1 N–H and O–H groups in total. The second kappa shape index (κ2) is 5.83. The van der Waals surface area contributed by atoms with Crippen LogP contribution < -0.4 is 0 Å². The van der Waals surface area contributed by atoms with Crippen molar-refractivity contribution >= 4 is 22.8 Å². The number of carboxylic acid groups (broad SMARTS) is 1. The zero-order valence-electron chi connectivity index (χ0n) is 12.7. The number of aromatic nitrogens is 1. The van der Waals surface area contributed by atoms with Crippen LogP contribution in [0.2, 0.25) is 0 Å². The van der Waals surface area contributed by atoms with Crippen LogP contribution in [0.5, 0.6) is 0 Å². The number of amides is 1. The fourth-order valence-electron chi connectivity index (χ4n) is 3.29. The van der Waals surface area contributed by atoms with Gasteiger partial charge in [-0.05, 0) is 25.3 Å². The van der Waals surface area contributed by atoms with Crippen LogP contribution in [0.1, 0.15) is 35.3 Å². The molecule has 1 aromatic heterocycles. The lowest BCUT2D eigenvalue weighted by atomic mass is 10.1. The summed E-state index contributed by atoms with van der Waals surface area (Å²) in [4.78, 5) is 26.0. The maximum absolute atomic E-state index is 12.5. The average molecular weight is 300 g/mol. The van der Waals surface area contributed by atoms with Crippen molar-refractivity contribution in [3.63, 3.8) is 0 Å². The van der Waals surface area contributed by atoms with Gasteiger partial charge in [-0.2, -0.15) is 0 Å². The summed E-state index contributed by atoms with van der Waals surface area (Å²) >= 11 is 0. The summed E-state index contributed by atoms with van der Waals surface area (Å²) in [6.45, 7) is 1.57. The van der Waals surface area contributed by atoms with Crippen molar-refractivity contribution in [1.82, 2.24) is 9.47 Å². The van der Waals surface area contributed by atoms with Crippen molar-refractivity contribution in [3.8, 4) is 0 Å². The first-order chi connectivity index (χ1) is 10.6. The first-order valence-electron chi connectivity index (χ1n) is 7.67. The van der Waals surface area contributed by atoms with Crippen LogP contribution in [0.25, 0.3) is 10.9 Å². The molecule has 1 amide bonds. The molecule has 3 rings (SSSR count). The molecule has 2 heterocycles. The molecular formula is C17H20N2O3. The largest absolute Gasteiger partial charge is 0.478 e. The van der Waals surface area contributed by atoms with Gasteiger partial charge in [-0.25, -0.2) is 4.79 Å². The summed E-state index contributed by atoms with van der Waals surface area (Å²) in [7, 11) is 1.83. The zero-order chi connectivity index (χ0) is 15.7. The number of para-hydroxylation sites is 1. The van der Waals surface area contributed by atoms with E-state index in [1.807, 2.05) is 34.7 Å². The number of fused-ring (bicyclic) bond motifs is 1. The minimum atomic E-state index is -0.974. The summed E-state index contributed by atoms with van der Waals surface area (Å²) in [5, 5.41) is 10.3. The number of aryl methyl sites for hydroxylation is 1. The normalized spacial score (nSPS) is 15.2. The second-order valence-electron chi connectivity index (χ2n) is 5.82. The lowest BCUT2D eigenvalue weighted by Crippen LogP contribution is -2.37. The quantitative estimate of drug-likeness (QED) is 0.947. The van der Waals surface area contributed by atoms with Crippen molar-refractivity contribution in [3.05, 3.63) is 35.5 Å². The van der Waals surface area contributed by atoms with E-state index in [4.69, 9.17) is 0 Å². The number of nitrogens with zero attached hydrogens (tertiary/aromatic N) is 2. The van der Waals surface area contributed by atoms with Crippen LogP contribution in [0, 0.1) is 0 Å². The standard InChI is InChI=1S/C17H20N2O3/c1-18-13-8-4-3-7-12(13)16(17(21)22)14(18)11-15(20)19-9-5-2-6-10-19/h3-4,7-8H,2,5-6,9-11H2,1H3,(H,21,22). The molecular weight excluding hydrogens is 280 g/mol. The molecule has 5 heteroatoms. The van der Waals surface area contributed by atoms with Crippen LogP contribution in [-0.2, 0) is 18.3 Å². The van der Waals surface area contributed by atoms with E-state index >= 15 is 0 Å². The Hall–Kier alpha value is -2.30. The van der Waals surface area contributed by atoms with Gasteiger partial charge in [-0.1, -0.05) is 18.2 Å². The number of piperidine rings is 1. The third kappa shape index (κ3) is 2.47. The number of hydrogen-bond acceptors (Lipinski definition) is 2. The first kappa shape index (κ1) is 14.6. The molecule has 1 aliphatic rings. The minimum absolute atomic E-state index is 0.0214. The fraction of sp³-hybridized carbons (Fsp3) is 0.412. The average Bonchev–Trinajstić information content (AvgIpc) is 2.81. The van der Waals surface area contributed by atoms with Crippen LogP contribution in [-0.4, -0.2) is 39.5 Å². The Bertz CT molecular complexity index is 727. The Labute approximate surface area is 129 Å². The third-order valence-corrected chi connectivity index (χ3v) is 4.47. The number of carbonyl (C=O) groups excluding carboxylic acids is 1. The van der Waals surface area contributed by atoms with Gasteiger partial charge in [0.2, 0.25) is 5.91 Å². The molecule has 0 spiro atoms. The van der Waals surface area contributed by atoms with Gasteiger partial charge < -0.3 is 14.6 Å². The molecule has 1 saturated heterocycles. The summed E-state index contributed by atoms with van der Waals surface area (Å²) < 4.78 is 1.83. The van der Waals surface area contributed by atoms with Gasteiger partial charge in [0.1, 0.15) is 0 Å². The Morgan fingerprint density at radius 2 is 1.82 bits per heavy atom. The molecule has 1 aromatic carbocycles. The number of hydrogen-bond donors (Lipinski definition) is 1. The maximum Gasteiger partial charge on any atom is 0.338 e. The molecule has 1 fully saturated rings. The van der Waals surface area contributed by atoms with Gasteiger partial charge in [0.15, 0.2) is 0 Å². The van der Waals surface area contributed by atoms with E-state index in [1.54, 1.807) is 6.07 Å². The monoisotopic (exact) mass is 300 g/mol. The van der Waals surface area contributed by atoms with Gasteiger partial charge in [0.05, 0.1) is 12.0 Å². The van der Waals surface area contributed by atoms with E-state index in [0.717, 1.165) is 37.9 Å². The number of benzene rings is 1. The molecule has 1 aliphatic heterocycles. The van der Waals surface area contributed by atoms with Gasteiger partial charge in [-0.3, -0.25) is 4.79 Å². The van der Waals surface area contributed by atoms with E-state index in [9.17, 15) is 14.7 Å². The van der Waals surface area contributed by atoms with Crippen LogP contribution in [0.3, 0.4) is 0 Å². The summed E-state index contributed by atoms with van der Waals surface area (Å²) in [6.07, 6.45) is 3.38. The van der Waals surface area contributed by atoms with Crippen LogP contribution in [0.15, 0.2) is 24.3 Å². The zero-order valence-corrected chi connectivity index (χ0v) is 12.7. The molecule has 2 aromatic rings. The van der Waals surface area contributed by atoms with E-state index in [-0.39, 0.29) is 17.9 Å². The number of rotatable bonds is 3. The highest BCUT2D eigenvalue weighted by Gasteiger charge is 2.24. The van der Waals surface area contributed by atoms with E-state index in [1.165, 1.54) is 0 Å². The van der Waals surface area contributed by atoms with E-state index in [0.29, 0.717) is 11.1 Å². The number of carboxylic acids is 1. The fourth-order valence-corrected chi connectivity index (χ4v) is 3.29. The summed E-state index contributed by atoms with van der Waals surface area (Å²) in [5.41, 5.74) is 1.69. The molecule has 0 aliphatic carbocycles. The predicted molar refractivity (Wildman–Crippen MR) is 84.0 cm³/mol. The molecule has 5 nitrogen and oxygen atoms in total. The highest BCUT2D eigenvalue weighted by atomic mass is 16.4. The minimum Gasteiger partial charge on any atom is -0.478 e. The Morgan fingerprint density at radius 1 is 1.14 bits per heavy atom. The lowest BCUT2D eigenvalue weighted by Gasteiger charge is -2.26. The number of likely N-dealkylation sites (tertiary alicyclic amines) is 1. The van der Waals surface area contributed by atoms with Crippen molar-refractivity contribution in [2.24, 2.45) is 7.05 Å². The van der Waals surface area contributed by atoms with Crippen LogP contribution in [0.4, 0.5) is 0 Å². The van der Waals surface area contributed by atoms with Crippen molar-refractivity contribution in [2.45, 2.75) is 25.7 Å². The Balaban J connectivity index is 1.99. The van der Waals surface area contributed by atoms with Crippen LogP contribution >= 0.6 is 0 Å². The van der Waals surface area contributed by atoms with Gasteiger partial charge >= 0.3 is 5.97 Å². The predicted octanol–water partition coefficient (Wildman–Crippen LogP) is 2.43. The Morgan fingerprint density at radius 3 is 2.50 bits per heavy atom.